The van der Waals surface area contributed by atoms with Crippen LogP contribution in [0.2, 0.25) is 0 Å². The van der Waals surface area contributed by atoms with Crippen LogP contribution in [0.4, 0.5) is 4.39 Å². The molecule has 0 aliphatic heterocycles. The zero-order chi connectivity index (χ0) is 26.0. The molecule has 0 aromatic heterocycles. The van der Waals surface area contributed by atoms with Crippen molar-refractivity contribution in [3.05, 3.63) is 57.8 Å². The van der Waals surface area contributed by atoms with E-state index in [1.54, 1.807) is 32.9 Å². The fraction of sp³-hybridized carbons (Fsp3) is 0.333. The van der Waals surface area contributed by atoms with Crippen molar-refractivity contribution in [3.8, 4) is 11.5 Å². The number of ether oxygens (including phenoxy) is 3. The van der Waals surface area contributed by atoms with E-state index >= 15 is 0 Å². The number of esters is 1. The fourth-order valence-electron chi connectivity index (χ4n) is 2.89. The van der Waals surface area contributed by atoms with Crippen LogP contribution in [0.1, 0.15) is 36.7 Å². The molecule has 0 spiro atoms. The van der Waals surface area contributed by atoms with Gasteiger partial charge in [0.2, 0.25) is 0 Å². The largest absolute Gasteiger partial charge is 0.493 e. The zero-order valence-electron chi connectivity index (χ0n) is 19.8. The highest BCUT2D eigenvalue weighted by Crippen LogP contribution is 2.36. The van der Waals surface area contributed by atoms with Gasteiger partial charge in [-0.25, -0.2) is 14.6 Å². The number of carbonyl (C=O) groups is 3. The van der Waals surface area contributed by atoms with Crippen LogP contribution in [0.25, 0.3) is 0 Å². The molecule has 2 aromatic rings. The quantitative estimate of drug-likeness (QED) is 0.251. The maximum Gasteiger partial charge on any atom is 0.344 e. The van der Waals surface area contributed by atoms with Crippen molar-refractivity contribution in [2.24, 2.45) is 11.0 Å². The molecule has 9 nitrogen and oxygen atoms in total. The first-order valence-corrected chi connectivity index (χ1v) is 11.5. The van der Waals surface area contributed by atoms with Crippen molar-refractivity contribution in [1.29, 1.82) is 0 Å². The SMILES string of the molecule is CCOC(=O)COc1c(Br)cc(/C=N/NC(=O)C(NC(=O)c2ccc(F)cc2)C(C)C)cc1OC. The molecule has 1 atom stereocenters. The van der Waals surface area contributed by atoms with Gasteiger partial charge in [-0.1, -0.05) is 13.8 Å². The van der Waals surface area contributed by atoms with E-state index in [0.29, 0.717) is 21.5 Å². The molecular weight excluding hydrogens is 525 g/mol. The summed E-state index contributed by atoms with van der Waals surface area (Å²) < 4.78 is 29.2. The van der Waals surface area contributed by atoms with Crippen LogP contribution < -0.4 is 20.2 Å². The van der Waals surface area contributed by atoms with Crippen molar-refractivity contribution in [2.75, 3.05) is 20.3 Å². The number of halogens is 2. The van der Waals surface area contributed by atoms with E-state index in [4.69, 9.17) is 14.2 Å². The molecular formula is C24H27BrFN3O6. The molecule has 0 fully saturated rings. The highest BCUT2D eigenvalue weighted by atomic mass is 79.9. The minimum Gasteiger partial charge on any atom is -0.493 e. The standard InChI is InChI=1S/C24H27BrFN3O6/c1-5-34-20(30)13-35-22-18(25)10-15(11-19(22)33-4)12-27-29-24(32)21(14(2)3)28-23(31)16-6-8-17(26)9-7-16/h6-12,14,21H,5,13H2,1-4H3,(H,28,31)(H,29,32)/b27-12+. The number of amides is 2. The molecule has 2 N–H and O–H groups in total. The van der Waals surface area contributed by atoms with Crippen LogP contribution in [0.3, 0.4) is 0 Å². The Labute approximate surface area is 211 Å². The molecule has 2 rings (SSSR count). The van der Waals surface area contributed by atoms with Crippen LogP contribution in [0, 0.1) is 11.7 Å². The number of methoxy groups -OCH3 is 1. The molecule has 0 aliphatic rings. The van der Waals surface area contributed by atoms with Gasteiger partial charge in [-0.05, 0) is 70.7 Å². The predicted octanol–water partition coefficient (Wildman–Crippen LogP) is 3.44. The van der Waals surface area contributed by atoms with Gasteiger partial charge in [0.1, 0.15) is 11.9 Å². The van der Waals surface area contributed by atoms with Crippen LogP contribution in [-0.2, 0) is 14.3 Å². The third-order valence-corrected chi connectivity index (χ3v) is 5.21. The third kappa shape index (κ3) is 8.36. The second kappa shape index (κ2) is 13.4. The topological polar surface area (TPSA) is 115 Å². The van der Waals surface area contributed by atoms with Crippen molar-refractivity contribution in [1.82, 2.24) is 10.7 Å². The number of hydrogen-bond donors (Lipinski definition) is 2. The Morgan fingerprint density at radius 3 is 2.46 bits per heavy atom. The number of hydrazone groups is 1. The monoisotopic (exact) mass is 551 g/mol. The van der Waals surface area contributed by atoms with Gasteiger partial charge >= 0.3 is 5.97 Å². The Bertz CT molecular complexity index is 1080. The Hall–Kier alpha value is -3.47. The Morgan fingerprint density at radius 2 is 1.86 bits per heavy atom. The Balaban J connectivity index is 2.06. The van der Waals surface area contributed by atoms with Gasteiger partial charge in [0.15, 0.2) is 18.1 Å². The van der Waals surface area contributed by atoms with Crippen molar-refractivity contribution >= 4 is 39.9 Å². The van der Waals surface area contributed by atoms with E-state index in [2.05, 4.69) is 31.8 Å². The lowest BCUT2D eigenvalue weighted by Crippen LogP contribution is -2.48. The summed E-state index contributed by atoms with van der Waals surface area (Å²) in [5, 5.41) is 6.60. The highest BCUT2D eigenvalue weighted by molar-refractivity contribution is 9.10. The normalized spacial score (nSPS) is 11.7. The number of hydrogen-bond acceptors (Lipinski definition) is 7. The van der Waals surface area contributed by atoms with Gasteiger partial charge in [-0.3, -0.25) is 9.59 Å². The Kier molecular flexibility index (Phi) is 10.7. The van der Waals surface area contributed by atoms with E-state index in [-0.39, 0.29) is 24.7 Å². The molecule has 2 aromatic carbocycles. The second-order valence-corrected chi connectivity index (χ2v) is 8.42. The minimum absolute atomic E-state index is 0.232. The first-order valence-electron chi connectivity index (χ1n) is 10.7. The average molecular weight is 552 g/mol. The summed E-state index contributed by atoms with van der Waals surface area (Å²) in [6.07, 6.45) is 1.39. The second-order valence-electron chi connectivity index (χ2n) is 7.56. The Morgan fingerprint density at radius 1 is 1.17 bits per heavy atom. The molecule has 2 amide bonds. The van der Waals surface area contributed by atoms with Crippen LogP contribution in [0.15, 0.2) is 46.0 Å². The molecule has 0 radical (unpaired) electrons. The summed E-state index contributed by atoms with van der Waals surface area (Å²) in [6.45, 7) is 5.21. The summed E-state index contributed by atoms with van der Waals surface area (Å²) in [5.41, 5.74) is 3.21. The van der Waals surface area contributed by atoms with E-state index in [1.165, 1.54) is 37.6 Å². The summed E-state index contributed by atoms with van der Waals surface area (Å²) in [7, 11) is 1.44. The maximum atomic E-state index is 13.1. The molecule has 0 saturated heterocycles. The predicted molar refractivity (Wildman–Crippen MR) is 131 cm³/mol. The summed E-state index contributed by atoms with van der Waals surface area (Å²) >= 11 is 3.37. The van der Waals surface area contributed by atoms with Crippen molar-refractivity contribution in [3.63, 3.8) is 0 Å². The molecule has 11 heteroatoms. The van der Waals surface area contributed by atoms with Crippen LogP contribution in [0.5, 0.6) is 11.5 Å². The van der Waals surface area contributed by atoms with Crippen LogP contribution >= 0.6 is 15.9 Å². The van der Waals surface area contributed by atoms with Gasteiger partial charge in [0, 0.05) is 5.56 Å². The van der Waals surface area contributed by atoms with E-state index in [0.717, 1.165) is 0 Å². The summed E-state index contributed by atoms with van der Waals surface area (Å²) in [4.78, 5) is 36.6. The van der Waals surface area contributed by atoms with Crippen molar-refractivity contribution < 1.29 is 33.0 Å². The first kappa shape index (κ1) is 27.8. The molecule has 0 heterocycles. The van der Waals surface area contributed by atoms with Gasteiger partial charge in [-0.15, -0.1) is 0 Å². The molecule has 1 unspecified atom stereocenters. The lowest BCUT2D eigenvalue weighted by Gasteiger charge is -2.20. The zero-order valence-corrected chi connectivity index (χ0v) is 21.3. The first-order chi connectivity index (χ1) is 16.7. The summed E-state index contributed by atoms with van der Waals surface area (Å²) in [5.74, 6) is -1.59. The minimum atomic E-state index is -0.871. The number of nitrogens with zero attached hydrogens (tertiary/aromatic N) is 1. The molecule has 0 aliphatic carbocycles. The smallest absolute Gasteiger partial charge is 0.344 e. The number of rotatable bonds is 11. The van der Waals surface area contributed by atoms with E-state index in [9.17, 15) is 18.8 Å². The molecule has 188 valence electrons. The highest BCUT2D eigenvalue weighted by Gasteiger charge is 2.24. The molecule has 35 heavy (non-hydrogen) atoms. The van der Waals surface area contributed by atoms with Gasteiger partial charge in [0.05, 0.1) is 24.4 Å². The lowest BCUT2D eigenvalue weighted by molar-refractivity contribution is -0.145. The maximum absolute atomic E-state index is 13.1. The number of carbonyl (C=O) groups excluding carboxylic acids is 3. The van der Waals surface area contributed by atoms with Gasteiger partial charge in [-0.2, -0.15) is 5.10 Å². The average Bonchev–Trinajstić information content (AvgIpc) is 2.81. The lowest BCUT2D eigenvalue weighted by atomic mass is 10.0. The van der Waals surface area contributed by atoms with Crippen LogP contribution in [-0.4, -0.2) is 50.4 Å². The number of benzene rings is 2. The van der Waals surface area contributed by atoms with Gasteiger partial charge < -0.3 is 19.5 Å². The van der Waals surface area contributed by atoms with Crippen molar-refractivity contribution in [2.45, 2.75) is 26.8 Å². The van der Waals surface area contributed by atoms with E-state index < -0.39 is 29.6 Å². The number of nitrogens with one attached hydrogen (secondary N) is 2. The molecule has 0 bridgehead atoms. The van der Waals surface area contributed by atoms with E-state index in [1.807, 2.05) is 0 Å². The van der Waals surface area contributed by atoms with Gasteiger partial charge in [0.25, 0.3) is 11.8 Å². The third-order valence-electron chi connectivity index (χ3n) is 4.62. The summed E-state index contributed by atoms with van der Waals surface area (Å²) in [6, 6.07) is 7.41. The fourth-order valence-corrected chi connectivity index (χ4v) is 3.46. The molecule has 0 saturated carbocycles.